The first-order chi connectivity index (χ1) is 30.7. The van der Waals surface area contributed by atoms with E-state index < -0.39 is 40.5 Å². The van der Waals surface area contributed by atoms with Crippen LogP contribution in [0.15, 0.2) is 54.7 Å². The Hall–Kier alpha value is -6.47. The van der Waals surface area contributed by atoms with Gasteiger partial charge in [0.05, 0.1) is 33.7 Å². The molecule has 16 heteroatoms. The third kappa shape index (κ3) is 6.57. The first-order valence-electron chi connectivity index (χ1n) is 22.3. The van der Waals surface area contributed by atoms with Crippen LogP contribution in [0.25, 0.3) is 10.9 Å². The number of amides is 5. The molecular weight excluding hydrogens is 815 g/mol. The van der Waals surface area contributed by atoms with Crippen molar-refractivity contribution in [1.82, 2.24) is 35.6 Å². The standard InChI is InChI=1S/C48H51N9O7/c1-25(2)56(28-20-30(21-28)63-29-7-8-31-32(22-29)44(62)57(43(31)61)35-10-13-38(58)51-42(35)60)24-26-15-18-55(19-16-26)37-12-9-34(53-54-37)41(59)52-45-47(3,4)46-48(45,5)33-14-17-50-40-27(23-49)6-11-36(64-46)39(33)40/h6-9,11-12,14,17,22,25-26,28,30,35,45-46H,10,13,15-16,18-21,24H2,1-5H3,(H,52,59)(H,51,58,60)/t28?,30?,35?,45-,46-,48?/m0/s1. The molecule has 64 heavy (non-hydrogen) atoms. The third-order valence-corrected chi connectivity index (χ3v) is 14.8. The van der Waals surface area contributed by atoms with Gasteiger partial charge >= 0.3 is 0 Å². The number of aromatic nitrogens is 3. The maximum absolute atomic E-state index is 13.8. The molecule has 5 amide bonds. The van der Waals surface area contributed by atoms with Gasteiger partial charge in [0, 0.05) is 68.0 Å². The molecule has 0 spiro atoms. The molecule has 6 heterocycles. The summed E-state index contributed by atoms with van der Waals surface area (Å²) in [5, 5.41) is 25.0. The number of nitrogens with one attached hydrogen (secondary N) is 2. The van der Waals surface area contributed by atoms with Crippen molar-refractivity contribution < 1.29 is 33.4 Å². The minimum Gasteiger partial charge on any atom is -0.490 e. The summed E-state index contributed by atoms with van der Waals surface area (Å²) in [6.07, 6.45) is 5.36. The number of carbonyl (C=O) groups is 5. The van der Waals surface area contributed by atoms with Gasteiger partial charge in [-0.05, 0) is 100 Å². The van der Waals surface area contributed by atoms with E-state index >= 15 is 0 Å². The van der Waals surface area contributed by atoms with E-state index in [-0.39, 0.29) is 53.8 Å². The number of nitrogens with zero attached hydrogens (tertiary/aromatic N) is 7. The maximum Gasteiger partial charge on any atom is 0.272 e. The van der Waals surface area contributed by atoms with Gasteiger partial charge in [-0.15, -0.1) is 10.2 Å². The van der Waals surface area contributed by atoms with Crippen LogP contribution in [0.1, 0.15) is 115 Å². The number of hydrogen-bond acceptors (Lipinski definition) is 13. The highest BCUT2D eigenvalue weighted by atomic mass is 16.5. The SMILES string of the molecule is CC(C)N(CC1CCN(c2ccc(C(=O)N[C@H]3C(C)(C)[C@@H]4Oc5ccc(C#N)c6nccc(c56)C34C)nn2)CC1)C1CC(Oc2ccc3c(c2)C(=O)N(C2CCC(=O)NC2=O)C3=O)C1. The molecule has 4 atom stereocenters. The molecule has 10 rings (SSSR count). The molecule has 330 valence electrons. The Morgan fingerprint density at radius 1 is 1.00 bits per heavy atom. The van der Waals surface area contributed by atoms with E-state index in [1.165, 1.54) is 0 Å². The molecule has 2 N–H and O–H groups in total. The lowest BCUT2D eigenvalue weighted by Gasteiger charge is -2.66. The topological polar surface area (TPSA) is 200 Å². The number of hydrogen-bond donors (Lipinski definition) is 2. The molecule has 2 aromatic heterocycles. The second-order valence-corrected chi connectivity index (χ2v) is 19.3. The number of anilines is 1. The average Bonchev–Trinajstić information content (AvgIpc) is 3.52. The summed E-state index contributed by atoms with van der Waals surface area (Å²) in [5.41, 5.74) is 1.83. The van der Waals surface area contributed by atoms with Crippen molar-refractivity contribution in [2.75, 3.05) is 24.5 Å². The summed E-state index contributed by atoms with van der Waals surface area (Å²) >= 11 is 0. The van der Waals surface area contributed by atoms with Crippen LogP contribution < -0.4 is 25.0 Å². The maximum atomic E-state index is 13.8. The van der Waals surface area contributed by atoms with Gasteiger partial charge in [0.2, 0.25) is 11.8 Å². The summed E-state index contributed by atoms with van der Waals surface area (Å²) < 4.78 is 12.9. The van der Waals surface area contributed by atoms with Crippen molar-refractivity contribution >= 4 is 46.3 Å². The van der Waals surface area contributed by atoms with Gasteiger partial charge < -0.3 is 19.7 Å². The van der Waals surface area contributed by atoms with E-state index in [0.717, 1.165) is 67.0 Å². The molecule has 2 saturated carbocycles. The van der Waals surface area contributed by atoms with Crippen LogP contribution in [0.4, 0.5) is 5.82 Å². The minimum absolute atomic E-state index is 0.0293. The quantitative estimate of drug-likeness (QED) is 0.208. The molecule has 2 unspecified atom stereocenters. The van der Waals surface area contributed by atoms with Crippen LogP contribution in [0.2, 0.25) is 0 Å². The minimum atomic E-state index is -1.01. The number of piperidine rings is 2. The molecule has 4 aliphatic heterocycles. The number of carbonyl (C=O) groups excluding carboxylic acids is 5. The van der Waals surface area contributed by atoms with E-state index in [2.05, 4.69) is 76.3 Å². The second kappa shape index (κ2) is 15.4. The molecule has 2 aliphatic carbocycles. The van der Waals surface area contributed by atoms with E-state index in [4.69, 9.17) is 9.47 Å². The van der Waals surface area contributed by atoms with E-state index in [0.29, 0.717) is 40.6 Å². The lowest BCUT2D eigenvalue weighted by Crippen LogP contribution is -2.78. The Morgan fingerprint density at radius 3 is 2.47 bits per heavy atom. The first kappa shape index (κ1) is 41.5. The van der Waals surface area contributed by atoms with Gasteiger partial charge in [-0.25, -0.2) is 0 Å². The highest BCUT2D eigenvalue weighted by molar-refractivity contribution is 6.23. The fraction of sp³-hybridized carbons (Fsp3) is 0.479. The molecule has 16 nitrogen and oxygen atoms in total. The summed E-state index contributed by atoms with van der Waals surface area (Å²) in [6, 6.07) is 15.7. The molecule has 0 radical (unpaired) electrons. The average molecular weight is 866 g/mol. The summed E-state index contributed by atoms with van der Waals surface area (Å²) in [5.74, 6) is 0.0438. The highest BCUT2D eigenvalue weighted by Crippen LogP contribution is 2.61. The zero-order valence-electron chi connectivity index (χ0n) is 36.6. The van der Waals surface area contributed by atoms with E-state index in [9.17, 15) is 29.2 Å². The summed E-state index contributed by atoms with van der Waals surface area (Å²) in [6.45, 7) is 13.4. The number of benzene rings is 2. The zero-order valence-corrected chi connectivity index (χ0v) is 36.6. The molecular formula is C48H51N9O7. The van der Waals surface area contributed by atoms with E-state index in [1.54, 1.807) is 36.5 Å². The van der Waals surface area contributed by atoms with Crippen molar-refractivity contribution in [2.45, 2.75) is 115 Å². The van der Waals surface area contributed by atoms with Gasteiger partial charge in [0.25, 0.3) is 17.7 Å². The van der Waals surface area contributed by atoms with Crippen LogP contribution in [-0.4, -0.2) is 111 Å². The van der Waals surface area contributed by atoms with Crippen LogP contribution in [-0.2, 0) is 15.0 Å². The fourth-order valence-corrected chi connectivity index (χ4v) is 11.5. The normalized spacial score (nSPS) is 27.0. The van der Waals surface area contributed by atoms with Crippen molar-refractivity contribution in [2.24, 2.45) is 11.3 Å². The predicted octanol–water partition coefficient (Wildman–Crippen LogP) is 4.69. The van der Waals surface area contributed by atoms with Gasteiger partial charge in [0.15, 0.2) is 11.5 Å². The van der Waals surface area contributed by atoms with Gasteiger partial charge in [0.1, 0.15) is 35.8 Å². The first-order valence-corrected chi connectivity index (χ1v) is 22.3. The Morgan fingerprint density at radius 2 is 1.77 bits per heavy atom. The molecule has 0 bridgehead atoms. The molecule has 6 aliphatic rings. The largest absolute Gasteiger partial charge is 0.490 e. The smallest absolute Gasteiger partial charge is 0.272 e. The number of imide groups is 2. The highest BCUT2D eigenvalue weighted by Gasteiger charge is 2.69. The van der Waals surface area contributed by atoms with Crippen LogP contribution in [0, 0.1) is 22.7 Å². The Bertz CT molecular complexity index is 2670. The zero-order chi connectivity index (χ0) is 44.8. The van der Waals surface area contributed by atoms with Gasteiger partial charge in [-0.3, -0.25) is 44.1 Å². The second-order valence-electron chi connectivity index (χ2n) is 19.3. The Labute approximate surface area is 370 Å². The predicted molar refractivity (Wildman–Crippen MR) is 233 cm³/mol. The van der Waals surface area contributed by atoms with Crippen molar-refractivity contribution in [3.8, 4) is 17.6 Å². The van der Waals surface area contributed by atoms with Crippen LogP contribution in [0.3, 0.4) is 0 Å². The van der Waals surface area contributed by atoms with Crippen molar-refractivity contribution in [1.29, 1.82) is 5.26 Å². The van der Waals surface area contributed by atoms with Crippen LogP contribution in [0.5, 0.6) is 11.5 Å². The lowest BCUT2D eigenvalue weighted by atomic mass is 9.45. The monoisotopic (exact) mass is 865 g/mol. The van der Waals surface area contributed by atoms with Crippen LogP contribution >= 0.6 is 0 Å². The van der Waals surface area contributed by atoms with Crippen molar-refractivity contribution in [3.05, 3.63) is 82.7 Å². The number of rotatable bonds is 10. The van der Waals surface area contributed by atoms with Crippen molar-refractivity contribution in [3.63, 3.8) is 0 Å². The molecule has 4 aromatic rings. The number of fused-ring (bicyclic) bond motifs is 3. The molecule has 2 saturated heterocycles. The fourth-order valence-electron chi connectivity index (χ4n) is 11.5. The van der Waals surface area contributed by atoms with E-state index in [1.807, 2.05) is 18.2 Å². The molecule has 4 fully saturated rings. The van der Waals surface area contributed by atoms with Gasteiger partial charge in [-0.1, -0.05) is 13.8 Å². The number of nitriles is 1. The Kier molecular flexibility index (Phi) is 9.97. The number of ether oxygens (including phenoxy) is 2. The molecule has 2 aromatic carbocycles. The summed E-state index contributed by atoms with van der Waals surface area (Å²) in [4.78, 5) is 74.6. The Balaban J connectivity index is 0.719. The van der Waals surface area contributed by atoms with Gasteiger partial charge in [-0.2, -0.15) is 5.26 Å². The third-order valence-electron chi connectivity index (χ3n) is 14.8. The number of pyridine rings is 1. The lowest BCUT2D eigenvalue weighted by molar-refractivity contribution is -0.136. The summed E-state index contributed by atoms with van der Waals surface area (Å²) in [7, 11) is 0.